The third-order valence-corrected chi connectivity index (χ3v) is 2.61. The number of esters is 1. The molecule has 0 spiro atoms. The lowest BCUT2D eigenvalue weighted by atomic mass is 10.0. The molecule has 0 saturated heterocycles. The van der Waals surface area contributed by atoms with Gasteiger partial charge in [-0.05, 0) is 24.8 Å². The first-order chi connectivity index (χ1) is 8.63. The SMILES string of the molecule is CCOC(=O)/C(=C\CC(C)C)Cc1ccccc1. The average molecular weight is 246 g/mol. The number of carbonyl (C=O) groups is 1. The summed E-state index contributed by atoms with van der Waals surface area (Å²) in [6, 6.07) is 10.0. The highest BCUT2D eigenvalue weighted by atomic mass is 16.5. The van der Waals surface area contributed by atoms with Crippen LogP contribution >= 0.6 is 0 Å². The molecule has 0 fully saturated rings. The van der Waals surface area contributed by atoms with Crippen LogP contribution in [0.3, 0.4) is 0 Å². The zero-order chi connectivity index (χ0) is 13.4. The Bertz CT molecular complexity index is 391. The van der Waals surface area contributed by atoms with Crippen molar-refractivity contribution in [3.63, 3.8) is 0 Å². The first-order valence-corrected chi connectivity index (χ1v) is 6.53. The highest BCUT2D eigenvalue weighted by Crippen LogP contribution is 2.13. The lowest BCUT2D eigenvalue weighted by Gasteiger charge is -2.08. The van der Waals surface area contributed by atoms with Gasteiger partial charge in [0.25, 0.3) is 0 Å². The van der Waals surface area contributed by atoms with E-state index in [0.717, 1.165) is 17.6 Å². The van der Waals surface area contributed by atoms with Crippen molar-refractivity contribution in [1.82, 2.24) is 0 Å². The van der Waals surface area contributed by atoms with Gasteiger partial charge in [0.05, 0.1) is 6.61 Å². The summed E-state index contributed by atoms with van der Waals surface area (Å²) in [5.41, 5.74) is 1.90. The van der Waals surface area contributed by atoms with Crippen molar-refractivity contribution >= 4 is 5.97 Å². The summed E-state index contributed by atoms with van der Waals surface area (Å²) < 4.78 is 5.10. The third kappa shape index (κ3) is 5.17. The van der Waals surface area contributed by atoms with E-state index in [2.05, 4.69) is 13.8 Å². The highest BCUT2D eigenvalue weighted by Gasteiger charge is 2.11. The number of benzene rings is 1. The Morgan fingerprint density at radius 1 is 1.28 bits per heavy atom. The largest absolute Gasteiger partial charge is 0.463 e. The topological polar surface area (TPSA) is 26.3 Å². The van der Waals surface area contributed by atoms with E-state index in [1.807, 2.05) is 43.3 Å². The second-order valence-electron chi connectivity index (χ2n) is 4.74. The molecule has 0 amide bonds. The van der Waals surface area contributed by atoms with E-state index in [4.69, 9.17) is 4.74 Å². The van der Waals surface area contributed by atoms with E-state index in [9.17, 15) is 4.79 Å². The summed E-state index contributed by atoms with van der Waals surface area (Å²) in [7, 11) is 0. The molecule has 0 saturated carbocycles. The summed E-state index contributed by atoms with van der Waals surface area (Å²) in [4.78, 5) is 11.9. The van der Waals surface area contributed by atoms with E-state index in [1.54, 1.807) is 0 Å². The fourth-order valence-corrected chi connectivity index (χ4v) is 1.65. The molecule has 0 aliphatic rings. The number of ether oxygens (including phenoxy) is 1. The third-order valence-electron chi connectivity index (χ3n) is 2.61. The monoisotopic (exact) mass is 246 g/mol. The maximum atomic E-state index is 11.9. The van der Waals surface area contributed by atoms with Crippen LogP contribution in [0.4, 0.5) is 0 Å². The van der Waals surface area contributed by atoms with Gasteiger partial charge < -0.3 is 4.74 Å². The van der Waals surface area contributed by atoms with Gasteiger partial charge in [0, 0.05) is 12.0 Å². The summed E-state index contributed by atoms with van der Waals surface area (Å²) in [5, 5.41) is 0. The van der Waals surface area contributed by atoms with Crippen LogP contribution in [-0.2, 0) is 16.0 Å². The van der Waals surface area contributed by atoms with E-state index in [-0.39, 0.29) is 5.97 Å². The maximum absolute atomic E-state index is 11.9. The normalized spacial score (nSPS) is 11.7. The second kappa shape index (κ2) is 7.70. The van der Waals surface area contributed by atoms with Crippen molar-refractivity contribution in [2.45, 2.75) is 33.6 Å². The first-order valence-electron chi connectivity index (χ1n) is 6.53. The molecule has 0 bridgehead atoms. The van der Waals surface area contributed by atoms with E-state index < -0.39 is 0 Å². The van der Waals surface area contributed by atoms with Gasteiger partial charge in [0.1, 0.15) is 0 Å². The van der Waals surface area contributed by atoms with Gasteiger partial charge in [-0.1, -0.05) is 50.3 Å². The smallest absolute Gasteiger partial charge is 0.334 e. The number of rotatable bonds is 6. The molecule has 1 aromatic carbocycles. The Morgan fingerprint density at radius 3 is 2.50 bits per heavy atom. The minimum absolute atomic E-state index is 0.193. The van der Waals surface area contributed by atoms with E-state index in [0.29, 0.717) is 18.9 Å². The van der Waals surface area contributed by atoms with Crippen molar-refractivity contribution in [3.05, 3.63) is 47.5 Å². The fourth-order valence-electron chi connectivity index (χ4n) is 1.65. The summed E-state index contributed by atoms with van der Waals surface area (Å²) in [6.07, 6.45) is 3.56. The van der Waals surface area contributed by atoms with Crippen LogP contribution in [0, 0.1) is 5.92 Å². The lowest BCUT2D eigenvalue weighted by molar-refractivity contribution is -0.138. The standard InChI is InChI=1S/C16H22O2/c1-4-18-16(17)15(11-10-13(2)3)12-14-8-6-5-7-9-14/h5-9,11,13H,4,10,12H2,1-3H3/b15-11-. The van der Waals surface area contributed by atoms with Crippen LogP contribution in [0.15, 0.2) is 42.0 Å². The van der Waals surface area contributed by atoms with Crippen LogP contribution in [0.1, 0.15) is 32.8 Å². The van der Waals surface area contributed by atoms with Crippen LogP contribution < -0.4 is 0 Å². The minimum atomic E-state index is -0.193. The van der Waals surface area contributed by atoms with Crippen molar-refractivity contribution in [3.8, 4) is 0 Å². The first kappa shape index (κ1) is 14.5. The van der Waals surface area contributed by atoms with Crippen molar-refractivity contribution in [2.75, 3.05) is 6.61 Å². The zero-order valence-corrected chi connectivity index (χ0v) is 11.5. The van der Waals surface area contributed by atoms with E-state index in [1.165, 1.54) is 0 Å². The van der Waals surface area contributed by atoms with Crippen LogP contribution in [-0.4, -0.2) is 12.6 Å². The van der Waals surface area contributed by atoms with Gasteiger partial charge in [-0.2, -0.15) is 0 Å². The quantitative estimate of drug-likeness (QED) is 0.564. The molecule has 2 heteroatoms. The Kier molecular flexibility index (Phi) is 6.20. The van der Waals surface area contributed by atoms with Gasteiger partial charge in [-0.25, -0.2) is 4.79 Å². The number of allylic oxidation sites excluding steroid dienone is 1. The summed E-state index contributed by atoms with van der Waals surface area (Å²) >= 11 is 0. The molecule has 0 unspecified atom stereocenters. The molecule has 0 atom stereocenters. The average Bonchev–Trinajstić information content (AvgIpc) is 2.35. The second-order valence-corrected chi connectivity index (χ2v) is 4.74. The Morgan fingerprint density at radius 2 is 1.94 bits per heavy atom. The summed E-state index contributed by atoms with van der Waals surface area (Å²) in [5.74, 6) is 0.354. The Balaban J connectivity index is 2.77. The van der Waals surface area contributed by atoms with Crippen LogP contribution in [0.25, 0.3) is 0 Å². The van der Waals surface area contributed by atoms with Gasteiger partial charge in [0.2, 0.25) is 0 Å². The molecule has 2 nitrogen and oxygen atoms in total. The van der Waals surface area contributed by atoms with Gasteiger partial charge >= 0.3 is 5.97 Å². The molecule has 98 valence electrons. The molecule has 1 aromatic rings. The van der Waals surface area contributed by atoms with Gasteiger partial charge in [0.15, 0.2) is 0 Å². The van der Waals surface area contributed by atoms with E-state index >= 15 is 0 Å². The molecular formula is C16H22O2. The molecule has 0 aliphatic carbocycles. The molecule has 0 N–H and O–H groups in total. The molecule has 0 radical (unpaired) electrons. The van der Waals surface area contributed by atoms with Crippen molar-refractivity contribution in [1.29, 1.82) is 0 Å². The van der Waals surface area contributed by atoms with Crippen molar-refractivity contribution < 1.29 is 9.53 Å². The maximum Gasteiger partial charge on any atom is 0.334 e. The fraction of sp³-hybridized carbons (Fsp3) is 0.438. The molecular weight excluding hydrogens is 224 g/mol. The number of hydrogen-bond acceptors (Lipinski definition) is 2. The predicted molar refractivity (Wildman–Crippen MR) is 74.3 cm³/mol. The van der Waals surface area contributed by atoms with Crippen LogP contribution in [0.2, 0.25) is 0 Å². The Hall–Kier alpha value is -1.57. The molecule has 1 rings (SSSR count). The summed E-state index contributed by atoms with van der Waals surface area (Å²) in [6.45, 7) is 6.54. The number of hydrogen-bond donors (Lipinski definition) is 0. The lowest BCUT2D eigenvalue weighted by Crippen LogP contribution is -2.10. The molecule has 18 heavy (non-hydrogen) atoms. The zero-order valence-electron chi connectivity index (χ0n) is 11.5. The van der Waals surface area contributed by atoms with Gasteiger partial charge in [-0.3, -0.25) is 0 Å². The van der Waals surface area contributed by atoms with Crippen LogP contribution in [0.5, 0.6) is 0 Å². The minimum Gasteiger partial charge on any atom is -0.463 e. The highest BCUT2D eigenvalue weighted by molar-refractivity contribution is 5.88. The molecule has 0 aliphatic heterocycles. The Labute approximate surface area is 110 Å². The molecule has 0 aromatic heterocycles. The predicted octanol–water partition coefficient (Wildman–Crippen LogP) is 3.76. The van der Waals surface area contributed by atoms with Gasteiger partial charge in [-0.15, -0.1) is 0 Å². The number of carbonyl (C=O) groups excluding carboxylic acids is 1. The van der Waals surface area contributed by atoms with Crippen molar-refractivity contribution in [2.24, 2.45) is 5.92 Å². The molecule has 0 heterocycles.